The summed E-state index contributed by atoms with van der Waals surface area (Å²) in [5.41, 5.74) is 0.249. The summed E-state index contributed by atoms with van der Waals surface area (Å²) in [6.07, 6.45) is 8.46. The topological polar surface area (TPSA) is 57.6 Å². The van der Waals surface area contributed by atoms with Gasteiger partial charge in [-0.1, -0.05) is 0 Å². The van der Waals surface area contributed by atoms with Crippen LogP contribution in [0.15, 0.2) is 11.8 Å². The maximum Gasteiger partial charge on any atom is 0.333 e. The van der Waals surface area contributed by atoms with E-state index >= 15 is 0 Å². The lowest BCUT2D eigenvalue weighted by atomic mass is 9.52. The fraction of sp³-hybridized carbons (Fsp3) is 0.750. The van der Waals surface area contributed by atoms with Crippen molar-refractivity contribution in [3.05, 3.63) is 11.8 Å². The zero-order chi connectivity index (χ0) is 13.9. The Morgan fingerprint density at radius 3 is 2.25 bits per heavy atom. The fourth-order valence-corrected chi connectivity index (χ4v) is 5.42. The van der Waals surface area contributed by atoms with E-state index in [1.54, 1.807) is 11.1 Å². The van der Waals surface area contributed by atoms with Gasteiger partial charge in [0, 0.05) is 12.7 Å². The average Bonchev–Trinajstić information content (AvgIpc) is 2.74. The Labute approximate surface area is 118 Å². The smallest absolute Gasteiger partial charge is 0.333 e. The van der Waals surface area contributed by atoms with E-state index in [9.17, 15) is 9.59 Å². The van der Waals surface area contributed by atoms with Crippen molar-refractivity contribution in [3.63, 3.8) is 0 Å². The molecule has 0 aromatic carbocycles. The van der Waals surface area contributed by atoms with Crippen LogP contribution in [0.1, 0.15) is 38.5 Å². The number of hydrogen-bond donors (Lipinski definition) is 1. The Bertz CT molecular complexity index is 468. The summed E-state index contributed by atoms with van der Waals surface area (Å²) in [4.78, 5) is 24.6. The third-order valence-corrected chi connectivity index (χ3v) is 6.08. The quantitative estimate of drug-likeness (QED) is 0.859. The predicted molar refractivity (Wildman–Crippen MR) is 72.6 cm³/mol. The standard InChI is InChI=1S/C16H21NO3/c18-15-6-13(16(19)20)7-17(15)8-14-11-2-9-1-10(4-11)5-12(14)3-9/h7,9-12,14H,1-6,8H2,(H,19,20). The molecule has 0 saturated heterocycles. The van der Waals surface area contributed by atoms with E-state index in [1.807, 2.05) is 0 Å². The molecule has 0 aromatic rings. The van der Waals surface area contributed by atoms with Crippen molar-refractivity contribution in [2.45, 2.75) is 38.5 Å². The van der Waals surface area contributed by atoms with Crippen LogP contribution < -0.4 is 0 Å². The van der Waals surface area contributed by atoms with Crippen LogP contribution >= 0.6 is 0 Å². The molecular weight excluding hydrogens is 254 g/mol. The van der Waals surface area contributed by atoms with Crippen molar-refractivity contribution < 1.29 is 14.7 Å². The Balaban J connectivity index is 1.49. The molecule has 5 aliphatic rings. The molecule has 1 aliphatic heterocycles. The van der Waals surface area contributed by atoms with Crippen LogP contribution in [0.4, 0.5) is 0 Å². The van der Waals surface area contributed by atoms with Crippen LogP contribution in [-0.4, -0.2) is 28.4 Å². The number of hydrogen-bond acceptors (Lipinski definition) is 2. The van der Waals surface area contributed by atoms with Crippen molar-refractivity contribution in [2.24, 2.45) is 29.6 Å². The fourth-order valence-electron chi connectivity index (χ4n) is 5.42. The molecule has 0 atom stereocenters. The third kappa shape index (κ3) is 1.88. The number of nitrogens with zero attached hydrogens (tertiary/aromatic N) is 1. The van der Waals surface area contributed by atoms with E-state index in [0.717, 1.165) is 30.2 Å². The van der Waals surface area contributed by atoms with Gasteiger partial charge in [0.1, 0.15) is 0 Å². The number of rotatable bonds is 3. The molecule has 20 heavy (non-hydrogen) atoms. The molecule has 0 radical (unpaired) electrons. The molecule has 0 aromatic heterocycles. The Kier molecular flexibility index (Phi) is 2.69. The molecule has 4 heteroatoms. The summed E-state index contributed by atoms with van der Waals surface area (Å²) in [6, 6.07) is 0. The second-order valence-corrected chi connectivity index (χ2v) is 7.28. The van der Waals surface area contributed by atoms with Gasteiger partial charge in [0.25, 0.3) is 0 Å². The van der Waals surface area contributed by atoms with E-state index in [1.165, 1.54) is 32.1 Å². The molecule has 4 saturated carbocycles. The zero-order valence-corrected chi connectivity index (χ0v) is 11.6. The number of carbonyl (C=O) groups excluding carboxylic acids is 1. The number of aliphatic carboxylic acids is 1. The monoisotopic (exact) mass is 275 g/mol. The van der Waals surface area contributed by atoms with Gasteiger partial charge >= 0.3 is 5.97 Å². The number of amides is 1. The SMILES string of the molecule is O=C(O)C1=CN(CC2C3CC4CC(C3)CC2C4)C(=O)C1. The molecule has 0 unspecified atom stereocenters. The molecule has 1 amide bonds. The Hall–Kier alpha value is -1.32. The lowest BCUT2D eigenvalue weighted by molar-refractivity contribution is -0.134. The molecule has 4 bridgehead atoms. The molecule has 4 nitrogen and oxygen atoms in total. The molecule has 4 fully saturated rings. The van der Waals surface area contributed by atoms with Gasteiger partial charge < -0.3 is 10.0 Å². The van der Waals surface area contributed by atoms with Gasteiger partial charge in [-0.3, -0.25) is 4.79 Å². The van der Waals surface area contributed by atoms with Crippen LogP contribution in [0.3, 0.4) is 0 Å². The molecule has 1 heterocycles. The van der Waals surface area contributed by atoms with Gasteiger partial charge in [-0.25, -0.2) is 4.79 Å². The van der Waals surface area contributed by atoms with Gasteiger partial charge in [0.05, 0.1) is 12.0 Å². The number of carbonyl (C=O) groups is 2. The predicted octanol–water partition coefficient (Wildman–Crippen LogP) is 2.26. The zero-order valence-electron chi connectivity index (χ0n) is 11.6. The van der Waals surface area contributed by atoms with E-state index in [0.29, 0.717) is 5.92 Å². The summed E-state index contributed by atoms with van der Waals surface area (Å²) < 4.78 is 0. The third-order valence-electron chi connectivity index (χ3n) is 6.08. The van der Waals surface area contributed by atoms with Gasteiger partial charge in [-0.15, -0.1) is 0 Å². The van der Waals surface area contributed by atoms with Gasteiger partial charge in [-0.05, 0) is 61.7 Å². The minimum Gasteiger partial charge on any atom is -0.478 e. The number of carboxylic acids is 1. The first-order valence-electron chi connectivity index (χ1n) is 7.83. The van der Waals surface area contributed by atoms with Crippen LogP contribution in [0, 0.1) is 29.6 Å². The summed E-state index contributed by atoms with van der Waals surface area (Å²) >= 11 is 0. The molecule has 4 aliphatic carbocycles. The van der Waals surface area contributed by atoms with E-state index in [4.69, 9.17) is 5.11 Å². The van der Waals surface area contributed by atoms with Crippen molar-refractivity contribution in [1.29, 1.82) is 0 Å². The van der Waals surface area contributed by atoms with Gasteiger partial charge in [-0.2, -0.15) is 0 Å². The van der Waals surface area contributed by atoms with Gasteiger partial charge in [0.2, 0.25) is 5.91 Å². The first kappa shape index (κ1) is 12.4. The van der Waals surface area contributed by atoms with E-state index in [2.05, 4.69) is 0 Å². The minimum atomic E-state index is -0.953. The largest absolute Gasteiger partial charge is 0.478 e. The highest BCUT2D eigenvalue weighted by Crippen LogP contribution is 2.56. The number of carboxylic acid groups (broad SMARTS) is 1. The highest BCUT2D eigenvalue weighted by molar-refractivity contribution is 5.97. The first-order valence-corrected chi connectivity index (χ1v) is 7.83. The Morgan fingerprint density at radius 2 is 1.75 bits per heavy atom. The summed E-state index contributed by atoms with van der Waals surface area (Å²) in [5, 5.41) is 9.01. The minimum absolute atomic E-state index is 0.0313. The van der Waals surface area contributed by atoms with E-state index < -0.39 is 5.97 Å². The summed E-state index contributed by atoms with van der Waals surface area (Å²) in [6.45, 7) is 0.754. The molecule has 0 spiro atoms. The Morgan fingerprint density at radius 1 is 1.15 bits per heavy atom. The van der Waals surface area contributed by atoms with Crippen LogP contribution in [0.5, 0.6) is 0 Å². The van der Waals surface area contributed by atoms with Crippen molar-refractivity contribution in [1.82, 2.24) is 4.90 Å². The van der Waals surface area contributed by atoms with Crippen LogP contribution in [0.25, 0.3) is 0 Å². The lowest BCUT2D eigenvalue weighted by Gasteiger charge is -2.55. The second-order valence-electron chi connectivity index (χ2n) is 7.28. The summed E-state index contributed by atoms with van der Waals surface area (Å²) in [7, 11) is 0. The van der Waals surface area contributed by atoms with Gasteiger partial charge in [0.15, 0.2) is 0 Å². The van der Waals surface area contributed by atoms with Crippen LogP contribution in [-0.2, 0) is 9.59 Å². The average molecular weight is 275 g/mol. The maximum absolute atomic E-state index is 12.0. The maximum atomic E-state index is 12.0. The molecular formula is C16H21NO3. The second kappa shape index (κ2) is 4.34. The van der Waals surface area contributed by atoms with Crippen molar-refractivity contribution >= 4 is 11.9 Å². The highest BCUT2D eigenvalue weighted by Gasteiger charge is 2.48. The lowest BCUT2D eigenvalue weighted by Crippen LogP contribution is -2.48. The molecule has 1 N–H and O–H groups in total. The van der Waals surface area contributed by atoms with Crippen molar-refractivity contribution in [3.8, 4) is 0 Å². The van der Waals surface area contributed by atoms with Crippen molar-refractivity contribution in [2.75, 3.05) is 6.54 Å². The normalized spacial score (nSPS) is 42.2. The first-order chi connectivity index (χ1) is 9.60. The summed E-state index contributed by atoms with van der Waals surface area (Å²) in [5.74, 6) is 3.06. The molecule has 108 valence electrons. The van der Waals surface area contributed by atoms with Crippen LogP contribution in [0.2, 0.25) is 0 Å². The highest BCUT2D eigenvalue weighted by atomic mass is 16.4. The van der Waals surface area contributed by atoms with E-state index in [-0.39, 0.29) is 17.9 Å². The molecule has 5 rings (SSSR count).